The SMILES string of the molecule is Nc1nonc1-c1nonc1-c1no[nH]c1=O. The summed E-state index contributed by atoms with van der Waals surface area (Å²) >= 11 is 0. The fourth-order valence-corrected chi connectivity index (χ4v) is 1.21. The molecule has 0 aliphatic heterocycles. The van der Waals surface area contributed by atoms with Crippen LogP contribution in [0.15, 0.2) is 18.7 Å². The van der Waals surface area contributed by atoms with Crippen LogP contribution in [0.3, 0.4) is 0 Å². The minimum atomic E-state index is -0.586. The summed E-state index contributed by atoms with van der Waals surface area (Å²) in [6.45, 7) is 0. The van der Waals surface area contributed by atoms with Crippen molar-refractivity contribution in [2.75, 3.05) is 5.73 Å². The molecule has 0 saturated carbocycles. The molecule has 0 spiro atoms. The van der Waals surface area contributed by atoms with E-state index in [1.165, 1.54) is 0 Å². The molecule has 0 bridgehead atoms. The Morgan fingerprint density at radius 2 is 1.53 bits per heavy atom. The van der Waals surface area contributed by atoms with Gasteiger partial charge in [0, 0.05) is 0 Å². The van der Waals surface area contributed by atoms with E-state index in [0.717, 1.165) is 0 Å². The molecule has 3 aromatic heterocycles. The van der Waals surface area contributed by atoms with Crippen molar-refractivity contribution < 1.29 is 13.9 Å². The summed E-state index contributed by atoms with van der Waals surface area (Å²) in [4.78, 5) is 11.3. The fourth-order valence-electron chi connectivity index (χ4n) is 1.21. The smallest absolute Gasteiger partial charge is 0.310 e. The molecule has 17 heavy (non-hydrogen) atoms. The van der Waals surface area contributed by atoms with Gasteiger partial charge in [-0.25, -0.2) is 9.26 Å². The Hall–Kier alpha value is -2.98. The summed E-state index contributed by atoms with van der Waals surface area (Å²) in [7, 11) is 0. The highest BCUT2D eigenvalue weighted by molar-refractivity contribution is 5.77. The number of aromatic amines is 1. The van der Waals surface area contributed by atoms with Crippen LogP contribution in [0, 0.1) is 0 Å². The van der Waals surface area contributed by atoms with Crippen LogP contribution in [0.4, 0.5) is 5.82 Å². The van der Waals surface area contributed by atoms with Gasteiger partial charge in [-0.05, 0) is 25.8 Å². The van der Waals surface area contributed by atoms with E-state index in [1.54, 1.807) is 0 Å². The molecule has 0 fully saturated rings. The lowest BCUT2D eigenvalue weighted by Crippen LogP contribution is -2.03. The van der Waals surface area contributed by atoms with Gasteiger partial charge in [0.15, 0.2) is 22.9 Å². The van der Waals surface area contributed by atoms with Gasteiger partial charge in [-0.15, -0.1) is 0 Å². The first-order chi connectivity index (χ1) is 8.27. The van der Waals surface area contributed by atoms with Gasteiger partial charge in [-0.3, -0.25) is 9.42 Å². The summed E-state index contributed by atoms with van der Waals surface area (Å²) in [6, 6.07) is 0. The zero-order chi connectivity index (χ0) is 11.8. The van der Waals surface area contributed by atoms with E-state index >= 15 is 0 Å². The van der Waals surface area contributed by atoms with E-state index in [9.17, 15) is 4.79 Å². The van der Waals surface area contributed by atoms with Crippen molar-refractivity contribution in [1.29, 1.82) is 0 Å². The molecule has 0 radical (unpaired) electrons. The molecule has 3 aromatic rings. The number of aromatic nitrogens is 6. The van der Waals surface area contributed by atoms with Crippen molar-refractivity contribution in [1.82, 2.24) is 30.9 Å². The quantitative estimate of drug-likeness (QED) is 0.567. The first kappa shape index (κ1) is 9.26. The van der Waals surface area contributed by atoms with Crippen molar-refractivity contribution in [2.45, 2.75) is 0 Å². The van der Waals surface area contributed by atoms with Crippen molar-refractivity contribution in [3.05, 3.63) is 10.4 Å². The lowest BCUT2D eigenvalue weighted by Gasteiger charge is -1.88. The van der Waals surface area contributed by atoms with Crippen LogP contribution in [-0.4, -0.2) is 30.9 Å². The van der Waals surface area contributed by atoms with Gasteiger partial charge in [-0.2, -0.15) is 5.16 Å². The number of anilines is 1. The van der Waals surface area contributed by atoms with Crippen molar-refractivity contribution in [3.63, 3.8) is 0 Å². The minimum Gasteiger partial charge on any atom is -0.379 e. The molecule has 11 heteroatoms. The topological polar surface area (TPSA) is 163 Å². The maximum atomic E-state index is 11.3. The van der Waals surface area contributed by atoms with Gasteiger partial charge in [0.2, 0.25) is 5.69 Å². The Morgan fingerprint density at radius 1 is 0.882 bits per heavy atom. The molecule has 0 amide bonds. The van der Waals surface area contributed by atoms with Crippen LogP contribution in [0.5, 0.6) is 0 Å². The maximum Gasteiger partial charge on any atom is 0.310 e. The fraction of sp³-hybridized carbons (Fsp3) is 0. The highest BCUT2D eigenvalue weighted by Gasteiger charge is 2.24. The van der Waals surface area contributed by atoms with Crippen molar-refractivity contribution in [2.24, 2.45) is 0 Å². The first-order valence-corrected chi connectivity index (χ1v) is 4.23. The Morgan fingerprint density at radius 3 is 2.12 bits per heavy atom. The van der Waals surface area contributed by atoms with Gasteiger partial charge < -0.3 is 5.73 Å². The van der Waals surface area contributed by atoms with Gasteiger partial charge in [0.05, 0.1) is 0 Å². The van der Waals surface area contributed by atoms with Gasteiger partial charge >= 0.3 is 5.56 Å². The van der Waals surface area contributed by atoms with Crippen LogP contribution < -0.4 is 11.3 Å². The summed E-state index contributed by atoms with van der Waals surface area (Å²) in [5.41, 5.74) is 5.01. The lowest BCUT2D eigenvalue weighted by atomic mass is 10.2. The van der Waals surface area contributed by atoms with E-state index in [4.69, 9.17) is 5.73 Å². The van der Waals surface area contributed by atoms with Gasteiger partial charge in [0.1, 0.15) is 0 Å². The van der Waals surface area contributed by atoms with Crippen LogP contribution in [0.1, 0.15) is 0 Å². The average Bonchev–Trinajstić information content (AvgIpc) is 2.97. The summed E-state index contributed by atoms with van der Waals surface area (Å²) in [5, 5.41) is 19.4. The summed E-state index contributed by atoms with van der Waals surface area (Å²) in [5.74, 6) is -0.0122. The van der Waals surface area contributed by atoms with Crippen LogP contribution in [0.2, 0.25) is 0 Å². The van der Waals surface area contributed by atoms with Crippen LogP contribution in [-0.2, 0) is 0 Å². The second-order valence-electron chi connectivity index (χ2n) is 2.92. The molecule has 0 saturated heterocycles. The highest BCUT2D eigenvalue weighted by atomic mass is 16.6. The number of nitrogens with one attached hydrogen (secondary N) is 1. The van der Waals surface area contributed by atoms with E-state index in [0.29, 0.717) is 0 Å². The molecular formula is C6H3N7O4. The number of nitrogens with zero attached hydrogens (tertiary/aromatic N) is 5. The summed E-state index contributed by atoms with van der Waals surface area (Å²) < 4.78 is 13.3. The zero-order valence-corrected chi connectivity index (χ0v) is 7.95. The third-order valence-corrected chi connectivity index (χ3v) is 1.94. The van der Waals surface area contributed by atoms with Crippen LogP contribution in [0.25, 0.3) is 22.8 Å². The molecule has 0 aliphatic rings. The number of hydrogen-bond donors (Lipinski definition) is 2. The van der Waals surface area contributed by atoms with E-state index in [2.05, 4.69) is 39.7 Å². The number of nitrogen functional groups attached to an aromatic ring is 1. The Bertz CT molecular complexity index is 706. The van der Waals surface area contributed by atoms with Gasteiger partial charge in [-0.1, -0.05) is 0 Å². The molecule has 0 atom stereocenters. The Balaban J connectivity index is 2.22. The monoisotopic (exact) mass is 237 g/mol. The third-order valence-electron chi connectivity index (χ3n) is 1.94. The Kier molecular flexibility index (Phi) is 1.78. The van der Waals surface area contributed by atoms with Gasteiger partial charge in [0.25, 0.3) is 0 Å². The number of H-pyrrole nitrogens is 1. The van der Waals surface area contributed by atoms with E-state index in [-0.39, 0.29) is 28.6 Å². The molecule has 3 rings (SSSR count). The van der Waals surface area contributed by atoms with Crippen LogP contribution >= 0.6 is 0 Å². The predicted octanol–water partition coefficient (Wildman–Crippen LogP) is -0.955. The largest absolute Gasteiger partial charge is 0.379 e. The molecular weight excluding hydrogens is 234 g/mol. The standard InChI is InChI=1S/C6H3N7O4/c7-5-3(10-16-12-5)1-2(9-15-8-1)4-6(14)13-17-11-4/h(H2,7,12)(H,13,14). The number of hydrogen-bond acceptors (Lipinski definition) is 10. The molecule has 3 heterocycles. The molecule has 86 valence electrons. The second kappa shape index (κ2) is 3.26. The third kappa shape index (κ3) is 1.29. The van der Waals surface area contributed by atoms with Crippen molar-refractivity contribution in [3.8, 4) is 22.8 Å². The zero-order valence-electron chi connectivity index (χ0n) is 7.95. The molecule has 0 aromatic carbocycles. The van der Waals surface area contributed by atoms with Crippen molar-refractivity contribution >= 4 is 5.82 Å². The molecule has 3 N–H and O–H groups in total. The molecule has 0 unspecified atom stereocenters. The minimum absolute atomic E-state index is 0.0122. The molecule has 0 aliphatic carbocycles. The lowest BCUT2D eigenvalue weighted by molar-refractivity contribution is 0.301. The highest BCUT2D eigenvalue weighted by Crippen LogP contribution is 2.27. The second-order valence-corrected chi connectivity index (χ2v) is 2.92. The van der Waals surface area contributed by atoms with E-state index in [1.807, 2.05) is 5.16 Å². The first-order valence-electron chi connectivity index (χ1n) is 4.23. The normalized spacial score (nSPS) is 10.8. The molecule has 11 nitrogen and oxygen atoms in total. The maximum absolute atomic E-state index is 11.3. The number of nitrogens with two attached hydrogens (primary N) is 1. The Labute approximate surface area is 90.5 Å². The number of rotatable bonds is 2. The van der Waals surface area contributed by atoms with E-state index < -0.39 is 5.56 Å². The summed E-state index contributed by atoms with van der Waals surface area (Å²) in [6.07, 6.45) is 0. The predicted molar refractivity (Wildman–Crippen MR) is 48.1 cm³/mol. The average molecular weight is 237 g/mol.